The zero-order valence-corrected chi connectivity index (χ0v) is 17.7. The van der Waals surface area contributed by atoms with E-state index in [1.165, 1.54) is 0 Å². The minimum absolute atomic E-state index is 0.0977. The van der Waals surface area contributed by atoms with Crippen LogP contribution in [0.5, 0.6) is 0 Å². The molecule has 4 rings (SSSR count). The van der Waals surface area contributed by atoms with Crippen LogP contribution in [-0.4, -0.2) is 20.7 Å². The van der Waals surface area contributed by atoms with Gasteiger partial charge < -0.3 is 5.32 Å². The number of aromatic nitrogens is 3. The first-order valence-electron chi connectivity index (χ1n) is 9.59. The molecular weight excluding hydrogens is 396 g/mol. The van der Waals surface area contributed by atoms with Gasteiger partial charge in [-0.2, -0.15) is 0 Å². The van der Waals surface area contributed by atoms with E-state index in [2.05, 4.69) is 21.5 Å². The number of benzene rings is 3. The summed E-state index contributed by atoms with van der Waals surface area (Å²) < 4.78 is 1.73. The first-order valence-corrected chi connectivity index (χ1v) is 9.97. The molecule has 1 aromatic heterocycles. The Morgan fingerprint density at radius 1 is 0.900 bits per heavy atom. The van der Waals surface area contributed by atoms with E-state index in [-0.39, 0.29) is 11.7 Å². The fraction of sp³-hybridized carbons (Fsp3) is 0.125. The van der Waals surface area contributed by atoms with Gasteiger partial charge in [0.15, 0.2) is 5.82 Å². The van der Waals surface area contributed by atoms with E-state index in [4.69, 9.17) is 11.6 Å². The molecule has 1 N–H and O–H groups in total. The maximum atomic E-state index is 12.8. The molecule has 0 aliphatic heterocycles. The highest BCUT2D eigenvalue weighted by molar-refractivity contribution is 6.30. The van der Waals surface area contributed by atoms with Gasteiger partial charge in [0.25, 0.3) is 5.91 Å². The van der Waals surface area contributed by atoms with Gasteiger partial charge >= 0.3 is 0 Å². The predicted octanol–water partition coefficient (Wildman–Crippen LogP) is 5.77. The fourth-order valence-corrected chi connectivity index (χ4v) is 3.35. The second-order valence-corrected chi connectivity index (χ2v) is 7.72. The lowest BCUT2D eigenvalue weighted by molar-refractivity contribution is 0.101. The summed E-state index contributed by atoms with van der Waals surface area (Å²) in [5.74, 6) is 0.331. The molecular formula is C24H21ClN4O. The Bertz CT molecular complexity index is 1210. The number of amides is 1. The third-order valence-corrected chi connectivity index (χ3v) is 5.05. The summed E-state index contributed by atoms with van der Waals surface area (Å²) in [5, 5.41) is 7.98. The van der Waals surface area contributed by atoms with Crippen LogP contribution in [0.4, 0.5) is 5.69 Å². The summed E-state index contributed by atoms with van der Waals surface area (Å²) in [4.78, 5) is 17.4. The standard InChI is InChI=1S/C24H21ClN4O/c1-15-4-7-18(8-5-15)23-27-22(24(30)26-20-11-9-19(25)10-12-20)28-29(23)21-13-6-16(2)14-17(21)3/h4-14H,1-3H3,(H,26,30). The number of carbonyl (C=O) groups is 1. The van der Waals surface area contributed by atoms with E-state index in [0.717, 1.165) is 27.9 Å². The van der Waals surface area contributed by atoms with E-state index >= 15 is 0 Å². The molecule has 0 atom stereocenters. The lowest BCUT2D eigenvalue weighted by Gasteiger charge is -2.10. The fourth-order valence-electron chi connectivity index (χ4n) is 3.23. The highest BCUT2D eigenvalue weighted by Crippen LogP contribution is 2.24. The van der Waals surface area contributed by atoms with Crippen molar-refractivity contribution in [1.29, 1.82) is 0 Å². The van der Waals surface area contributed by atoms with Crippen molar-refractivity contribution in [2.45, 2.75) is 20.8 Å². The van der Waals surface area contributed by atoms with Gasteiger partial charge in [-0.25, -0.2) is 9.67 Å². The average Bonchev–Trinajstić information content (AvgIpc) is 3.15. The molecule has 30 heavy (non-hydrogen) atoms. The van der Waals surface area contributed by atoms with Crippen molar-refractivity contribution in [3.63, 3.8) is 0 Å². The third-order valence-electron chi connectivity index (χ3n) is 4.80. The molecule has 0 saturated heterocycles. The minimum atomic E-state index is -0.380. The molecule has 0 fully saturated rings. The summed E-state index contributed by atoms with van der Waals surface area (Å²) in [5.41, 5.74) is 5.76. The van der Waals surface area contributed by atoms with Crippen molar-refractivity contribution in [3.05, 3.63) is 94.3 Å². The van der Waals surface area contributed by atoms with Crippen LogP contribution in [0.15, 0.2) is 66.7 Å². The topological polar surface area (TPSA) is 59.8 Å². The number of nitrogens with zero attached hydrogens (tertiary/aromatic N) is 3. The van der Waals surface area contributed by atoms with E-state index in [1.54, 1.807) is 28.9 Å². The van der Waals surface area contributed by atoms with Gasteiger partial charge in [-0.05, 0) is 56.7 Å². The molecule has 0 aliphatic rings. The van der Waals surface area contributed by atoms with Crippen LogP contribution in [0.3, 0.4) is 0 Å². The first-order chi connectivity index (χ1) is 14.4. The van der Waals surface area contributed by atoms with Crippen LogP contribution in [0.1, 0.15) is 27.3 Å². The Hall–Kier alpha value is -3.44. The Labute approximate surface area is 180 Å². The second kappa shape index (κ2) is 8.13. The third kappa shape index (κ3) is 4.11. The maximum Gasteiger partial charge on any atom is 0.295 e. The van der Waals surface area contributed by atoms with Crippen molar-refractivity contribution >= 4 is 23.2 Å². The van der Waals surface area contributed by atoms with E-state index in [9.17, 15) is 4.79 Å². The van der Waals surface area contributed by atoms with Crippen molar-refractivity contribution in [2.75, 3.05) is 5.32 Å². The van der Waals surface area contributed by atoms with Gasteiger partial charge in [-0.3, -0.25) is 4.79 Å². The van der Waals surface area contributed by atoms with Crippen LogP contribution in [0.2, 0.25) is 5.02 Å². The number of rotatable bonds is 4. The molecule has 6 heteroatoms. The highest BCUT2D eigenvalue weighted by atomic mass is 35.5. The van der Waals surface area contributed by atoms with Gasteiger partial charge in [0, 0.05) is 16.3 Å². The molecule has 5 nitrogen and oxygen atoms in total. The normalized spacial score (nSPS) is 10.8. The molecule has 0 spiro atoms. The maximum absolute atomic E-state index is 12.8. The largest absolute Gasteiger partial charge is 0.319 e. The molecule has 0 aliphatic carbocycles. The molecule has 3 aromatic carbocycles. The molecule has 1 amide bonds. The van der Waals surface area contributed by atoms with Crippen molar-refractivity contribution in [2.24, 2.45) is 0 Å². The van der Waals surface area contributed by atoms with Gasteiger partial charge in [0.1, 0.15) is 0 Å². The van der Waals surface area contributed by atoms with Crippen LogP contribution in [0.25, 0.3) is 17.1 Å². The molecule has 150 valence electrons. The summed E-state index contributed by atoms with van der Waals surface area (Å²) in [6.07, 6.45) is 0. The smallest absolute Gasteiger partial charge is 0.295 e. The van der Waals surface area contributed by atoms with Crippen molar-refractivity contribution in [3.8, 4) is 17.1 Å². The van der Waals surface area contributed by atoms with E-state index in [1.807, 2.05) is 57.2 Å². The summed E-state index contributed by atoms with van der Waals surface area (Å²) in [7, 11) is 0. The number of hydrogen-bond acceptors (Lipinski definition) is 3. The molecule has 0 saturated carbocycles. The average molecular weight is 417 g/mol. The van der Waals surface area contributed by atoms with Gasteiger partial charge in [-0.15, -0.1) is 5.10 Å². The Balaban J connectivity index is 1.78. The van der Waals surface area contributed by atoms with Crippen LogP contribution < -0.4 is 5.32 Å². The van der Waals surface area contributed by atoms with Crippen LogP contribution in [-0.2, 0) is 0 Å². The molecule has 0 unspecified atom stereocenters. The second-order valence-electron chi connectivity index (χ2n) is 7.29. The number of anilines is 1. The number of hydrogen-bond donors (Lipinski definition) is 1. The number of carbonyl (C=O) groups excluding carboxylic acids is 1. The summed E-state index contributed by atoms with van der Waals surface area (Å²) in [6.45, 7) is 6.10. The minimum Gasteiger partial charge on any atom is -0.319 e. The number of nitrogens with one attached hydrogen (secondary N) is 1. The van der Waals surface area contributed by atoms with Gasteiger partial charge in [-0.1, -0.05) is 59.1 Å². The Kier molecular flexibility index (Phi) is 5.38. The number of halogens is 1. The molecule has 0 radical (unpaired) electrons. The molecule has 0 bridgehead atoms. The van der Waals surface area contributed by atoms with Crippen molar-refractivity contribution < 1.29 is 4.79 Å². The first kappa shape index (κ1) is 19.9. The Morgan fingerprint density at radius 3 is 2.23 bits per heavy atom. The molecule has 1 heterocycles. The summed E-state index contributed by atoms with van der Waals surface area (Å²) in [6, 6.07) is 21.0. The lowest BCUT2D eigenvalue weighted by atomic mass is 10.1. The predicted molar refractivity (Wildman–Crippen MR) is 120 cm³/mol. The zero-order chi connectivity index (χ0) is 21.3. The van der Waals surface area contributed by atoms with Crippen LogP contribution >= 0.6 is 11.6 Å². The lowest BCUT2D eigenvalue weighted by Crippen LogP contribution is -2.14. The Morgan fingerprint density at radius 2 is 1.57 bits per heavy atom. The van der Waals surface area contributed by atoms with E-state index in [0.29, 0.717) is 16.5 Å². The van der Waals surface area contributed by atoms with E-state index < -0.39 is 0 Å². The zero-order valence-electron chi connectivity index (χ0n) is 17.0. The van der Waals surface area contributed by atoms with Gasteiger partial charge in [0.05, 0.1) is 5.69 Å². The summed E-state index contributed by atoms with van der Waals surface area (Å²) >= 11 is 5.92. The monoisotopic (exact) mass is 416 g/mol. The van der Waals surface area contributed by atoms with Gasteiger partial charge in [0.2, 0.25) is 5.82 Å². The number of aryl methyl sites for hydroxylation is 3. The highest BCUT2D eigenvalue weighted by Gasteiger charge is 2.20. The quantitative estimate of drug-likeness (QED) is 0.459. The SMILES string of the molecule is Cc1ccc(-c2nc(C(=O)Nc3ccc(Cl)cc3)nn2-c2ccc(C)cc2C)cc1. The van der Waals surface area contributed by atoms with Crippen molar-refractivity contribution in [1.82, 2.24) is 14.8 Å². The van der Waals surface area contributed by atoms with Crippen LogP contribution in [0, 0.1) is 20.8 Å². The molecule has 4 aromatic rings.